The van der Waals surface area contributed by atoms with Gasteiger partial charge in [0.15, 0.2) is 0 Å². The summed E-state index contributed by atoms with van der Waals surface area (Å²) in [7, 11) is -3.64. The normalized spacial score (nSPS) is 12.1. The van der Waals surface area contributed by atoms with Crippen LogP contribution in [0.3, 0.4) is 0 Å². The maximum Gasteiger partial charge on any atom is 0.303 e. The summed E-state index contributed by atoms with van der Waals surface area (Å²) < 4.78 is 29.2. The van der Waals surface area contributed by atoms with Crippen molar-refractivity contribution in [3.05, 3.63) is 99.4 Å². The molecule has 0 saturated carbocycles. The lowest BCUT2D eigenvalue weighted by molar-refractivity contribution is -0.137. The van der Waals surface area contributed by atoms with E-state index < -0.39 is 16.0 Å². The molecule has 0 aliphatic rings. The van der Waals surface area contributed by atoms with E-state index in [2.05, 4.69) is 15.8 Å². The number of rotatable bonds is 11. The first-order valence-electron chi connectivity index (χ1n) is 12.5. The lowest BCUT2D eigenvalue weighted by Gasteiger charge is -2.19. The summed E-state index contributed by atoms with van der Waals surface area (Å²) in [6.07, 6.45) is 7.48. The summed E-state index contributed by atoms with van der Waals surface area (Å²) in [5.41, 5.74) is 8.76. The van der Waals surface area contributed by atoms with Crippen LogP contribution in [0.2, 0.25) is 0 Å². The molecule has 2 N–H and O–H groups in total. The molecule has 6 nitrogen and oxygen atoms in total. The number of nitrogens with zero attached hydrogens (tertiary/aromatic N) is 1. The Bertz CT molecular complexity index is 1360. The molecule has 0 fully saturated rings. The topological polar surface area (TPSA) is 96.4 Å². The van der Waals surface area contributed by atoms with Crippen molar-refractivity contribution in [2.75, 3.05) is 6.54 Å². The zero-order valence-electron chi connectivity index (χ0n) is 22.3. The Labute approximate surface area is 220 Å². The van der Waals surface area contributed by atoms with Crippen molar-refractivity contribution in [1.82, 2.24) is 9.71 Å². The number of hydrogen-bond donors (Lipinski definition) is 2. The number of carboxylic acids is 1. The second-order valence-corrected chi connectivity index (χ2v) is 11.1. The highest BCUT2D eigenvalue weighted by Crippen LogP contribution is 2.29. The molecule has 0 bridgehead atoms. The van der Waals surface area contributed by atoms with E-state index in [1.165, 1.54) is 0 Å². The van der Waals surface area contributed by atoms with Gasteiger partial charge < -0.3 is 5.11 Å². The number of pyridine rings is 1. The highest BCUT2D eigenvalue weighted by atomic mass is 32.2. The third kappa shape index (κ3) is 6.93. The van der Waals surface area contributed by atoms with Gasteiger partial charge in [0.25, 0.3) is 0 Å². The summed E-state index contributed by atoms with van der Waals surface area (Å²) >= 11 is 0. The minimum atomic E-state index is -3.64. The Hall–Kier alpha value is -3.29. The van der Waals surface area contributed by atoms with Crippen molar-refractivity contribution in [3.8, 4) is 0 Å². The zero-order valence-corrected chi connectivity index (χ0v) is 23.1. The van der Waals surface area contributed by atoms with Crippen LogP contribution in [0, 0.1) is 34.6 Å². The highest BCUT2D eigenvalue weighted by Gasteiger charge is 2.23. The average Bonchev–Trinajstić information content (AvgIpc) is 2.87. The van der Waals surface area contributed by atoms with Gasteiger partial charge in [-0.05, 0) is 104 Å². The van der Waals surface area contributed by atoms with Crippen LogP contribution >= 0.6 is 0 Å². The number of hydrogen-bond acceptors (Lipinski definition) is 4. The fourth-order valence-corrected chi connectivity index (χ4v) is 6.17. The minimum absolute atomic E-state index is 0.131. The number of aliphatic carboxylic acids is 1. The molecule has 0 radical (unpaired) electrons. The van der Waals surface area contributed by atoms with Crippen molar-refractivity contribution in [2.45, 2.75) is 65.2 Å². The molecule has 0 aliphatic carbocycles. The molecule has 37 heavy (non-hydrogen) atoms. The van der Waals surface area contributed by atoms with Gasteiger partial charge in [0, 0.05) is 30.9 Å². The quantitative estimate of drug-likeness (QED) is 0.310. The van der Waals surface area contributed by atoms with Gasteiger partial charge in [0.1, 0.15) is 0 Å². The van der Waals surface area contributed by atoms with Gasteiger partial charge in [-0.2, -0.15) is 0 Å². The van der Waals surface area contributed by atoms with Crippen molar-refractivity contribution in [2.24, 2.45) is 0 Å². The van der Waals surface area contributed by atoms with E-state index in [4.69, 9.17) is 5.11 Å². The van der Waals surface area contributed by atoms with Crippen molar-refractivity contribution in [1.29, 1.82) is 0 Å². The number of sulfonamides is 1. The number of carboxylic acid groups (broad SMARTS) is 1. The first kappa shape index (κ1) is 28.3. The van der Waals surface area contributed by atoms with E-state index in [1.54, 1.807) is 12.4 Å². The van der Waals surface area contributed by atoms with E-state index in [1.807, 2.05) is 71.0 Å². The van der Waals surface area contributed by atoms with Gasteiger partial charge in [-0.15, -0.1) is 0 Å². The third-order valence-corrected chi connectivity index (χ3v) is 8.82. The van der Waals surface area contributed by atoms with E-state index in [9.17, 15) is 13.2 Å². The van der Waals surface area contributed by atoms with Gasteiger partial charge >= 0.3 is 5.97 Å². The van der Waals surface area contributed by atoms with Gasteiger partial charge in [-0.1, -0.05) is 36.4 Å². The van der Waals surface area contributed by atoms with Crippen LogP contribution in [0.25, 0.3) is 5.57 Å². The molecular formula is C30H36N2O4S. The molecule has 0 atom stereocenters. The predicted molar refractivity (Wildman–Crippen MR) is 148 cm³/mol. The summed E-state index contributed by atoms with van der Waals surface area (Å²) in [5.74, 6) is -0.797. The zero-order chi connectivity index (χ0) is 27.2. The van der Waals surface area contributed by atoms with E-state index in [-0.39, 0.29) is 6.42 Å². The largest absolute Gasteiger partial charge is 0.481 e. The Morgan fingerprint density at radius 3 is 2.11 bits per heavy atom. The molecule has 0 unspecified atom stereocenters. The second-order valence-electron chi connectivity index (χ2n) is 9.44. The number of nitrogens with one attached hydrogen (secondary N) is 1. The van der Waals surface area contributed by atoms with Crippen molar-refractivity contribution in [3.63, 3.8) is 0 Å². The smallest absolute Gasteiger partial charge is 0.303 e. The first-order chi connectivity index (χ1) is 17.5. The highest BCUT2D eigenvalue weighted by molar-refractivity contribution is 7.89. The standard InChI is InChI=1S/C30H36N2O4S/c1-20-21(2)23(4)30(24(5)22(20)3)37(35,36)32-18-16-25-12-14-26(15-13-25)28(10-6-7-11-29(33)34)27-9-8-17-31-19-27/h8-10,12-15,17,19,32H,6-7,11,16,18H2,1-5H3,(H,33,34)/b28-10-. The molecular weight excluding hydrogens is 484 g/mol. The number of allylic oxidation sites excluding steroid dienone is 1. The maximum absolute atomic E-state index is 13.2. The summed E-state index contributed by atoms with van der Waals surface area (Å²) in [5, 5.41) is 8.92. The molecule has 0 spiro atoms. The molecule has 0 amide bonds. The third-order valence-electron chi connectivity index (χ3n) is 7.09. The molecule has 196 valence electrons. The average molecular weight is 521 g/mol. The van der Waals surface area contributed by atoms with Gasteiger partial charge in [0.05, 0.1) is 4.90 Å². The van der Waals surface area contributed by atoms with Crippen LogP contribution in [-0.4, -0.2) is 31.0 Å². The number of carbonyl (C=O) groups is 1. The summed E-state index contributed by atoms with van der Waals surface area (Å²) in [6, 6.07) is 11.9. The van der Waals surface area contributed by atoms with Gasteiger partial charge in [-0.3, -0.25) is 9.78 Å². The lowest BCUT2D eigenvalue weighted by Crippen LogP contribution is -2.28. The van der Waals surface area contributed by atoms with E-state index >= 15 is 0 Å². The number of benzene rings is 2. The Morgan fingerprint density at radius 1 is 0.919 bits per heavy atom. The number of aromatic nitrogens is 1. The van der Waals surface area contributed by atoms with Gasteiger partial charge in [-0.25, -0.2) is 13.1 Å². The molecule has 0 aliphatic heterocycles. The fourth-order valence-electron chi connectivity index (χ4n) is 4.55. The molecule has 3 aromatic rings. The van der Waals surface area contributed by atoms with Crippen LogP contribution in [0.1, 0.15) is 63.8 Å². The molecule has 1 heterocycles. The van der Waals surface area contributed by atoms with Crippen LogP contribution in [-0.2, 0) is 21.2 Å². The van der Waals surface area contributed by atoms with E-state index in [0.717, 1.165) is 50.1 Å². The minimum Gasteiger partial charge on any atom is -0.481 e. The van der Waals surface area contributed by atoms with Gasteiger partial charge in [0.2, 0.25) is 10.0 Å². The molecule has 3 rings (SSSR count). The Balaban J connectivity index is 1.73. The Morgan fingerprint density at radius 2 is 1.54 bits per heavy atom. The van der Waals surface area contributed by atoms with Crippen LogP contribution in [0.4, 0.5) is 0 Å². The molecule has 1 aromatic heterocycles. The van der Waals surface area contributed by atoms with E-state index in [0.29, 0.717) is 30.7 Å². The lowest BCUT2D eigenvalue weighted by atomic mass is 9.95. The predicted octanol–water partition coefficient (Wildman–Crippen LogP) is 5.83. The first-order valence-corrected chi connectivity index (χ1v) is 14.0. The van der Waals surface area contributed by atoms with Crippen LogP contribution < -0.4 is 4.72 Å². The molecule has 0 saturated heterocycles. The molecule has 2 aromatic carbocycles. The Kier molecular flexibility index (Phi) is 9.40. The van der Waals surface area contributed by atoms with Crippen LogP contribution in [0.5, 0.6) is 0 Å². The monoisotopic (exact) mass is 520 g/mol. The number of unbranched alkanes of at least 4 members (excludes halogenated alkanes) is 1. The van der Waals surface area contributed by atoms with Crippen molar-refractivity contribution >= 4 is 21.6 Å². The molecule has 7 heteroatoms. The van der Waals surface area contributed by atoms with Crippen LogP contribution in [0.15, 0.2) is 59.8 Å². The van der Waals surface area contributed by atoms with Crippen molar-refractivity contribution < 1.29 is 18.3 Å². The summed E-state index contributed by atoms with van der Waals surface area (Å²) in [4.78, 5) is 15.5. The second kappa shape index (κ2) is 12.3. The maximum atomic E-state index is 13.2. The fraction of sp³-hybridized carbons (Fsp3) is 0.333. The summed E-state index contributed by atoms with van der Waals surface area (Å²) in [6.45, 7) is 10.0. The SMILES string of the molecule is Cc1c(C)c(C)c(S(=O)(=O)NCCc2ccc(/C(=C/CCCC(=O)O)c3cccnc3)cc2)c(C)c1C.